The van der Waals surface area contributed by atoms with Crippen molar-refractivity contribution in [3.63, 3.8) is 0 Å². The van der Waals surface area contributed by atoms with E-state index in [1.54, 1.807) is 0 Å². The largest absolute Gasteiger partial charge is 0.486 e. The molecule has 2 aliphatic rings. The Morgan fingerprint density at radius 1 is 1.29 bits per heavy atom. The Kier molecular flexibility index (Phi) is 4.69. The standard InChI is InChI=1S/C18H26N2O4/c1-12-10-20(11-18(3,4)24-12)13(2)17(21)19-14-5-6-15-16(9-14)23-8-7-22-15/h5-6,9,12-13H,7-8,10-11H2,1-4H3,(H,19,21). The molecule has 0 radical (unpaired) electrons. The molecule has 6 heteroatoms. The molecule has 0 aromatic heterocycles. The molecule has 0 saturated carbocycles. The van der Waals surface area contributed by atoms with E-state index in [2.05, 4.69) is 24.1 Å². The number of morpholine rings is 1. The Labute approximate surface area is 143 Å². The van der Waals surface area contributed by atoms with Crippen molar-refractivity contribution in [3.8, 4) is 11.5 Å². The molecule has 1 amide bonds. The second-order valence-corrected chi connectivity index (χ2v) is 7.14. The van der Waals surface area contributed by atoms with Crippen LogP contribution >= 0.6 is 0 Å². The summed E-state index contributed by atoms with van der Waals surface area (Å²) >= 11 is 0. The Balaban J connectivity index is 1.66. The minimum absolute atomic E-state index is 0.0309. The average molecular weight is 334 g/mol. The first-order valence-electron chi connectivity index (χ1n) is 8.46. The van der Waals surface area contributed by atoms with E-state index >= 15 is 0 Å². The van der Waals surface area contributed by atoms with Gasteiger partial charge in [-0.3, -0.25) is 9.69 Å². The van der Waals surface area contributed by atoms with Gasteiger partial charge >= 0.3 is 0 Å². The SMILES string of the molecule is CC1CN(C(C)C(=O)Nc2ccc3c(c2)OCCO3)CC(C)(C)O1. The fraction of sp³-hybridized carbons (Fsp3) is 0.611. The van der Waals surface area contributed by atoms with E-state index in [4.69, 9.17) is 14.2 Å². The third-order valence-corrected chi connectivity index (χ3v) is 4.33. The monoisotopic (exact) mass is 334 g/mol. The molecule has 6 nitrogen and oxygen atoms in total. The minimum Gasteiger partial charge on any atom is -0.486 e. The van der Waals surface area contributed by atoms with Crippen LogP contribution in [0.4, 0.5) is 5.69 Å². The van der Waals surface area contributed by atoms with Gasteiger partial charge in [0.1, 0.15) is 13.2 Å². The fourth-order valence-corrected chi connectivity index (χ4v) is 3.33. The Hall–Kier alpha value is -1.79. The minimum atomic E-state index is -0.247. The lowest BCUT2D eigenvalue weighted by atomic mass is 10.0. The van der Waals surface area contributed by atoms with Gasteiger partial charge in [0.05, 0.1) is 17.7 Å². The van der Waals surface area contributed by atoms with E-state index in [0.29, 0.717) is 19.0 Å². The summed E-state index contributed by atoms with van der Waals surface area (Å²) in [5.41, 5.74) is 0.472. The highest BCUT2D eigenvalue weighted by Crippen LogP contribution is 2.32. The van der Waals surface area contributed by atoms with Crippen molar-refractivity contribution in [1.29, 1.82) is 0 Å². The molecule has 1 N–H and O–H groups in total. The van der Waals surface area contributed by atoms with Gasteiger partial charge in [0.15, 0.2) is 11.5 Å². The van der Waals surface area contributed by atoms with E-state index in [1.807, 2.05) is 32.0 Å². The Bertz CT molecular complexity index is 617. The number of nitrogens with zero attached hydrogens (tertiary/aromatic N) is 1. The summed E-state index contributed by atoms with van der Waals surface area (Å²) in [7, 11) is 0. The Morgan fingerprint density at radius 2 is 2.00 bits per heavy atom. The van der Waals surface area contributed by atoms with E-state index in [-0.39, 0.29) is 23.7 Å². The molecule has 3 rings (SSSR count). The van der Waals surface area contributed by atoms with Crippen molar-refractivity contribution in [3.05, 3.63) is 18.2 Å². The van der Waals surface area contributed by atoms with Crippen LogP contribution in [0.25, 0.3) is 0 Å². The first-order chi connectivity index (χ1) is 11.3. The van der Waals surface area contributed by atoms with Crippen molar-refractivity contribution in [2.24, 2.45) is 0 Å². The van der Waals surface area contributed by atoms with Gasteiger partial charge in [0, 0.05) is 24.8 Å². The lowest BCUT2D eigenvalue weighted by Gasteiger charge is -2.43. The van der Waals surface area contributed by atoms with Crippen LogP contribution in [0.1, 0.15) is 27.7 Å². The van der Waals surface area contributed by atoms with Crippen LogP contribution in [0.5, 0.6) is 11.5 Å². The molecule has 0 aliphatic carbocycles. The molecule has 2 aliphatic heterocycles. The first kappa shape index (κ1) is 17.0. The number of carbonyl (C=O) groups excluding carboxylic acids is 1. The molecule has 0 bridgehead atoms. The van der Waals surface area contributed by atoms with Crippen LogP contribution in [-0.4, -0.2) is 54.9 Å². The number of benzene rings is 1. The number of anilines is 1. The maximum Gasteiger partial charge on any atom is 0.241 e. The highest BCUT2D eigenvalue weighted by atomic mass is 16.6. The molecule has 2 unspecified atom stereocenters. The second kappa shape index (κ2) is 6.61. The third-order valence-electron chi connectivity index (χ3n) is 4.33. The molecule has 1 aromatic carbocycles. The number of hydrogen-bond acceptors (Lipinski definition) is 5. The molecule has 132 valence electrons. The van der Waals surface area contributed by atoms with E-state index < -0.39 is 0 Å². The van der Waals surface area contributed by atoms with E-state index in [0.717, 1.165) is 24.5 Å². The molecule has 0 spiro atoms. The number of carbonyl (C=O) groups is 1. The van der Waals surface area contributed by atoms with Crippen molar-refractivity contribution in [2.75, 3.05) is 31.6 Å². The maximum absolute atomic E-state index is 12.6. The number of hydrogen-bond donors (Lipinski definition) is 1. The molecule has 2 heterocycles. The van der Waals surface area contributed by atoms with Gasteiger partial charge in [-0.1, -0.05) is 0 Å². The number of ether oxygens (including phenoxy) is 3. The summed E-state index contributed by atoms with van der Waals surface area (Å²) < 4.78 is 17.0. The molecule has 1 aromatic rings. The zero-order chi connectivity index (χ0) is 17.3. The van der Waals surface area contributed by atoms with Crippen molar-refractivity contribution >= 4 is 11.6 Å². The van der Waals surface area contributed by atoms with Crippen LogP contribution in [0, 0.1) is 0 Å². The maximum atomic E-state index is 12.6. The summed E-state index contributed by atoms with van der Waals surface area (Å²) in [6.07, 6.45) is 0.110. The van der Waals surface area contributed by atoms with Crippen LogP contribution in [0.2, 0.25) is 0 Å². The van der Waals surface area contributed by atoms with Gasteiger partial charge in [-0.05, 0) is 39.8 Å². The van der Waals surface area contributed by atoms with Crippen LogP contribution < -0.4 is 14.8 Å². The summed E-state index contributed by atoms with van der Waals surface area (Å²) in [6.45, 7) is 10.7. The summed E-state index contributed by atoms with van der Waals surface area (Å²) in [5, 5.41) is 2.97. The highest BCUT2D eigenvalue weighted by Gasteiger charge is 2.35. The summed E-state index contributed by atoms with van der Waals surface area (Å²) in [5.74, 6) is 1.36. The van der Waals surface area contributed by atoms with Gasteiger partial charge in [0.2, 0.25) is 5.91 Å². The van der Waals surface area contributed by atoms with Crippen molar-refractivity contribution in [1.82, 2.24) is 4.90 Å². The molecular weight excluding hydrogens is 308 g/mol. The smallest absolute Gasteiger partial charge is 0.241 e. The predicted molar refractivity (Wildman–Crippen MR) is 91.7 cm³/mol. The van der Waals surface area contributed by atoms with Gasteiger partial charge in [-0.15, -0.1) is 0 Å². The van der Waals surface area contributed by atoms with Gasteiger partial charge in [-0.2, -0.15) is 0 Å². The third kappa shape index (κ3) is 3.82. The lowest BCUT2D eigenvalue weighted by Crippen LogP contribution is -2.56. The van der Waals surface area contributed by atoms with E-state index in [1.165, 1.54) is 0 Å². The van der Waals surface area contributed by atoms with Crippen LogP contribution in [0.15, 0.2) is 18.2 Å². The van der Waals surface area contributed by atoms with Crippen molar-refractivity contribution in [2.45, 2.75) is 45.4 Å². The number of rotatable bonds is 3. The van der Waals surface area contributed by atoms with E-state index in [9.17, 15) is 4.79 Å². The number of nitrogens with one attached hydrogen (secondary N) is 1. The quantitative estimate of drug-likeness (QED) is 0.919. The molecule has 24 heavy (non-hydrogen) atoms. The zero-order valence-electron chi connectivity index (χ0n) is 14.8. The average Bonchev–Trinajstić information content (AvgIpc) is 2.52. The second-order valence-electron chi connectivity index (χ2n) is 7.14. The summed E-state index contributed by atoms with van der Waals surface area (Å²) in [6, 6.07) is 5.24. The normalized spacial score (nSPS) is 24.2. The molecule has 2 atom stereocenters. The van der Waals surface area contributed by atoms with Gasteiger partial charge in [0.25, 0.3) is 0 Å². The van der Waals surface area contributed by atoms with Gasteiger partial charge < -0.3 is 19.5 Å². The predicted octanol–water partition coefficient (Wildman–Crippen LogP) is 2.28. The molecular formula is C18H26N2O4. The van der Waals surface area contributed by atoms with Gasteiger partial charge in [-0.25, -0.2) is 0 Å². The topological polar surface area (TPSA) is 60.0 Å². The number of amides is 1. The lowest BCUT2D eigenvalue weighted by molar-refractivity contribution is -0.145. The molecule has 1 saturated heterocycles. The molecule has 1 fully saturated rings. The number of fused-ring (bicyclic) bond motifs is 1. The fourth-order valence-electron chi connectivity index (χ4n) is 3.33. The first-order valence-corrected chi connectivity index (χ1v) is 8.46. The zero-order valence-corrected chi connectivity index (χ0v) is 14.8. The van der Waals surface area contributed by atoms with Crippen LogP contribution in [0.3, 0.4) is 0 Å². The Morgan fingerprint density at radius 3 is 2.71 bits per heavy atom. The van der Waals surface area contributed by atoms with Crippen molar-refractivity contribution < 1.29 is 19.0 Å². The summed E-state index contributed by atoms with van der Waals surface area (Å²) in [4.78, 5) is 14.8. The highest BCUT2D eigenvalue weighted by molar-refractivity contribution is 5.94. The van der Waals surface area contributed by atoms with Crippen LogP contribution in [-0.2, 0) is 9.53 Å².